The van der Waals surface area contributed by atoms with Gasteiger partial charge in [-0.2, -0.15) is 0 Å². The summed E-state index contributed by atoms with van der Waals surface area (Å²) in [5.41, 5.74) is -0.895. The van der Waals surface area contributed by atoms with Crippen molar-refractivity contribution in [1.82, 2.24) is 0 Å². The van der Waals surface area contributed by atoms with Gasteiger partial charge >= 0.3 is 12.1 Å². The van der Waals surface area contributed by atoms with E-state index >= 15 is 0 Å². The maximum absolute atomic E-state index is 12.2. The SMILES string of the molecule is CC(C)(C)OC(=O)Oc1ccc([S+](c2ccccc2)c2ccccc2)cc1.CC1(OC(=O)COc2ccc([S+](c3ccccc3)c3ccccc3)cc2)CCCC1. The predicted molar refractivity (Wildman–Crippen MR) is 228 cm³/mol. The summed E-state index contributed by atoms with van der Waals surface area (Å²) in [6.45, 7) is 7.38. The highest BCUT2D eigenvalue weighted by atomic mass is 32.2. The van der Waals surface area contributed by atoms with Crippen molar-refractivity contribution in [2.45, 2.75) is 94.0 Å². The smallest absolute Gasteiger partial charge is 0.482 e. The molecular formula is C49H50O6S2+2. The number of rotatable bonds is 11. The van der Waals surface area contributed by atoms with Crippen molar-refractivity contribution in [3.05, 3.63) is 170 Å². The molecule has 0 atom stereocenters. The number of benzene rings is 6. The van der Waals surface area contributed by atoms with Gasteiger partial charge in [0.25, 0.3) is 0 Å². The molecule has 1 aliphatic carbocycles. The lowest BCUT2D eigenvalue weighted by molar-refractivity contribution is -0.159. The molecule has 292 valence electrons. The lowest BCUT2D eigenvalue weighted by atomic mass is 10.1. The largest absolute Gasteiger partial charge is 0.514 e. The molecule has 7 rings (SSSR count). The second-order valence-electron chi connectivity index (χ2n) is 14.8. The summed E-state index contributed by atoms with van der Waals surface area (Å²) >= 11 is 0. The standard InChI is InChI=1S/C26H27O3S.C23H23O3S/c1-26(18-8-9-19-26)29-25(27)20-28-21-14-16-24(17-15-21)30(22-10-4-2-5-11-22)23-12-6-3-7-13-23;1-23(2,3)26-22(24)25-18-14-16-21(17-15-18)27(19-10-6-4-7-11-19)20-12-8-5-9-13-20/h2-7,10-17H,8-9,18-20H2,1H3;4-17H,1-3H3/q2*+1. The number of carbonyl (C=O) groups is 2. The Labute approximate surface area is 342 Å². The topological polar surface area (TPSA) is 71.1 Å². The zero-order chi connectivity index (χ0) is 40.1. The maximum Gasteiger partial charge on any atom is 0.514 e. The molecule has 0 amide bonds. The summed E-state index contributed by atoms with van der Waals surface area (Å²) in [5, 5.41) is 0. The van der Waals surface area contributed by atoms with E-state index in [2.05, 4.69) is 109 Å². The van der Waals surface area contributed by atoms with E-state index in [4.69, 9.17) is 18.9 Å². The molecule has 0 heterocycles. The third kappa shape index (κ3) is 12.3. The molecule has 6 nitrogen and oxygen atoms in total. The normalized spacial score (nSPS) is 13.3. The average Bonchev–Trinajstić information content (AvgIpc) is 3.65. The van der Waals surface area contributed by atoms with Gasteiger partial charge in [-0.1, -0.05) is 72.8 Å². The lowest BCUT2D eigenvalue weighted by Crippen LogP contribution is -2.30. The third-order valence-electron chi connectivity index (χ3n) is 9.00. The van der Waals surface area contributed by atoms with Gasteiger partial charge in [0.1, 0.15) is 22.7 Å². The van der Waals surface area contributed by atoms with Crippen LogP contribution in [0.3, 0.4) is 0 Å². The molecule has 0 aliphatic heterocycles. The van der Waals surface area contributed by atoms with Crippen molar-refractivity contribution in [2.24, 2.45) is 0 Å². The highest BCUT2D eigenvalue weighted by Crippen LogP contribution is 2.35. The van der Waals surface area contributed by atoms with E-state index in [1.165, 1.54) is 24.5 Å². The second-order valence-corrected chi connectivity index (χ2v) is 18.8. The zero-order valence-corrected chi connectivity index (χ0v) is 34.6. The lowest BCUT2D eigenvalue weighted by Gasteiger charge is -2.23. The zero-order valence-electron chi connectivity index (χ0n) is 33.0. The molecule has 1 fully saturated rings. The molecule has 0 radical (unpaired) electrons. The fourth-order valence-corrected chi connectivity index (χ4v) is 10.6. The molecular weight excluding hydrogens is 749 g/mol. The number of carbonyl (C=O) groups excluding carboxylic acids is 2. The Bertz CT molecular complexity index is 2050. The monoisotopic (exact) mass is 798 g/mol. The third-order valence-corrected chi connectivity index (χ3v) is 13.5. The van der Waals surface area contributed by atoms with Crippen molar-refractivity contribution >= 4 is 33.9 Å². The molecule has 0 bridgehead atoms. The number of ether oxygens (including phenoxy) is 4. The van der Waals surface area contributed by atoms with Gasteiger partial charge in [0.15, 0.2) is 36.0 Å². The first-order valence-electron chi connectivity index (χ1n) is 19.2. The molecule has 0 spiro atoms. The summed E-state index contributed by atoms with van der Waals surface area (Å²) in [6.07, 6.45) is 3.43. The maximum atomic E-state index is 12.2. The summed E-state index contributed by atoms with van der Waals surface area (Å²) in [6, 6.07) is 57.5. The minimum Gasteiger partial charge on any atom is -0.482 e. The fraction of sp³-hybridized carbons (Fsp3) is 0.224. The van der Waals surface area contributed by atoms with E-state index in [1.54, 1.807) is 0 Å². The van der Waals surface area contributed by atoms with E-state index < -0.39 is 11.8 Å². The highest BCUT2D eigenvalue weighted by Gasteiger charge is 2.33. The molecule has 1 saturated carbocycles. The first-order chi connectivity index (χ1) is 27.6. The summed E-state index contributed by atoms with van der Waals surface area (Å²) in [4.78, 5) is 31.4. The van der Waals surface area contributed by atoms with Gasteiger partial charge < -0.3 is 18.9 Å². The Morgan fingerprint density at radius 3 is 1.25 bits per heavy atom. The van der Waals surface area contributed by atoms with Crippen LogP contribution in [0.25, 0.3) is 0 Å². The molecule has 0 unspecified atom stereocenters. The first kappa shape index (κ1) is 41.2. The van der Waals surface area contributed by atoms with Gasteiger partial charge in [0.05, 0.1) is 21.8 Å². The van der Waals surface area contributed by atoms with Gasteiger partial charge in [-0.05, 0) is 150 Å². The minimum atomic E-state index is -0.694. The first-order valence-corrected chi connectivity index (χ1v) is 21.6. The van der Waals surface area contributed by atoms with Crippen molar-refractivity contribution in [2.75, 3.05) is 6.61 Å². The Morgan fingerprint density at radius 1 is 0.526 bits per heavy atom. The number of hydrogen-bond donors (Lipinski definition) is 0. The number of esters is 1. The number of hydrogen-bond acceptors (Lipinski definition) is 6. The van der Waals surface area contributed by atoms with E-state index in [0.717, 1.165) is 30.6 Å². The Balaban J connectivity index is 0.000000194. The van der Waals surface area contributed by atoms with Crippen molar-refractivity contribution in [3.8, 4) is 11.5 Å². The van der Waals surface area contributed by atoms with Gasteiger partial charge in [-0.3, -0.25) is 0 Å². The summed E-state index contributed by atoms with van der Waals surface area (Å²) < 4.78 is 21.8. The van der Waals surface area contributed by atoms with Crippen LogP contribution in [0, 0.1) is 0 Å². The van der Waals surface area contributed by atoms with Crippen LogP contribution in [0.15, 0.2) is 199 Å². The van der Waals surface area contributed by atoms with Crippen LogP contribution in [0.1, 0.15) is 53.4 Å². The Morgan fingerprint density at radius 2 is 0.877 bits per heavy atom. The van der Waals surface area contributed by atoms with Gasteiger partial charge in [0.2, 0.25) is 0 Å². The van der Waals surface area contributed by atoms with Gasteiger partial charge in [-0.25, -0.2) is 9.59 Å². The molecule has 0 saturated heterocycles. The van der Waals surface area contributed by atoms with Crippen molar-refractivity contribution < 1.29 is 28.5 Å². The van der Waals surface area contributed by atoms with E-state index in [1.807, 2.05) is 88.4 Å². The second kappa shape index (κ2) is 19.6. The van der Waals surface area contributed by atoms with Crippen LogP contribution in [0.4, 0.5) is 4.79 Å². The predicted octanol–water partition coefficient (Wildman–Crippen LogP) is 12.1. The van der Waals surface area contributed by atoms with Gasteiger partial charge in [-0.15, -0.1) is 0 Å². The van der Waals surface area contributed by atoms with E-state index in [0.29, 0.717) is 11.5 Å². The molecule has 57 heavy (non-hydrogen) atoms. The molecule has 0 N–H and O–H groups in total. The molecule has 0 aromatic heterocycles. The fourth-order valence-electron chi connectivity index (χ4n) is 6.40. The van der Waals surface area contributed by atoms with Crippen molar-refractivity contribution in [3.63, 3.8) is 0 Å². The molecule has 8 heteroatoms. The van der Waals surface area contributed by atoms with Crippen molar-refractivity contribution in [1.29, 1.82) is 0 Å². The van der Waals surface area contributed by atoms with E-state index in [9.17, 15) is 9.59 Å². The van der Waals surface area contributed by atoms with Crippen LogP contribution in [0.5, 0.6) is 11.5 Å². The van der Waals surface area contributed by atoms with Crippen LogP contribution in [-0.2, 0) is 36.1 Å². The van der Waals surface area contributed by atoms with Crippen LogP contribution in [-0.4, -0.2) is 29.9 Å². The Hall–Kier alpha value is -5.44. The summed E-state index contributed by atoms with van der Waals surface area (Å²) in [5.74, 6) is 0.853. The summed E-state index contributed by atoms with van der Waals surface area (Å²) in [7, 11) is -0.415. The molecule has 6 aromatic rings. The minimum absolute atomic E-state index is 0.0575. The highest BCUT2D eigenvalue weighted by molar-refractivity contribution is 7.97. The van der Waals surface area contributed by atoms with Crippen LogP contribution in [0.2, 0.25) is 0 Å². The van der Waals surface area contributed by atoms with E-state index in [-0.39, 0.29) is 40.0 Å². The Kier molecular flexibility index (Phi) is 14.2. The average molecular weight is 799 g/mol. The quantitative estimate of drug-likeness (QED) is 0.0738. The molecule has 1 aliphatic rings. The van der Waals surface area contributed by atoms with Crippen LogP contribution >= 0.6 is 0 Å². The van der Waals surface area contributed by atoms with Gasteiger partial charge in [0, 0.05) is 0 Å². The van der Waals surface area contributed by atoms with Crippen LogP contribution < -0.4 is 9.47 Å². The molecule has 6 aromatic carbocycles.